The molecule has 0 spiro atoms. The number of H-pyrrole nitrogens is 1. The van der Waals surface area contributed by atoms with E-state index in [-0.39, 0.29) is 47.6 Å². The summed E-state index contributed by atoms with van der Waals surface area (Å²) in [6.45, 7) is 5.65. The van der Waals surface area contributed by atoms with Crippen LogP contribution in [0.4, 0.5) is 10.5 Å². The molecule has 66 heavy (non-hydrogen) atoms. The molecule has 0 radical (unpaired) electrons. The average Bonchev–Trinajstić information content (AvgIpc) is 3.67. The second kappa shape index (κ2) is 18.0. The van der Waals surface area contributed by atoms with Crippen molar-refractivity contribution in [1.29, 1.82) is 0 Å². The highest BCUT2D eigenvalue weighted by molar-refractivity contribution is 6.08. The number of aromatic amines is 1. The minimum Gasteiger partial charge on any atom is -0.453 e. The van der Waals surface area contributed by atoms with Crippen LogP contribution in [0.3, 0.4) is 0 Å². The molecule has 340 valence electrons. The molecule has 6 aromatic rings. The van der Waals surface area contributed by atoms with Crippen LogP contribution in [0, 0.1) is 17.8 Å². The number of alkyl carbamates (subject to hydrolysis) is 1. The molecular formula is C53H57N7O6. The van der Waals surface area contributed by atoms with Gasteiger partial charge in [-0.05, 0) is 101 Å². The number of benzene rings is 5. The molecule has 4 amide bonds. The third-order valence-electron chi connectivity index (χ3n) is 14.4. The smallest absolute Gasteiger partial charge is 0.407 e. The van der Waals surface area contributed by atoms with Gasteiger partial charge in [-0.15, -0.1) is 0 Å². The first kappa shape index (κ1) is 43.3. The summed E-state index contributed by atoms with van der Waals surface area (Å²) in [6, 6.07) is 29.2. The van der Waals surface area contributed by atoms with Crippen LogP contribution in [-0.4, -0.2) is 95.3 Å². The van der Waals surface area contributed by atoms with Crippen molar-refractivity contribution in [3.05, 3.63) is 108 Å². The van der Waals surface area contributed by atoms with Gasteiger partial charge < -0.3 is 34.9 Å². The monoisotopic (exact) mass is 887 g/mol. The van der Waals surface area contributed by atoms with Gasteiger partial charge in [0.1, 0.15) is 17.9 Å². The molecule has 6 atom stereocenters. The van der Waals surface area contributed by atoms with Crippen molar-refractivity contribution < 1.29 is 28.7 Å². The Hall–Kier alpha value is -6.60. The maximum Gasteiger partial charge on any atom is 0.407 e. The Morgan fingerprint density at radius 1 is 0.833 bits per heavy atom. The summed E-state index contributed by atoms with van der Waals surface area (Å²) >= 11 is 0. The molecule has 0 unspecified atom stereocenters. The summed E-state index contributed by atoms with van der Waals surface area (Å²) in [5.41, 5.74) is 7.79. The van der Waals surface area contributed by atoms with E-state index in [1.54, 1.807) is 7.11 Å². The van der Waals surface area contributed by atoms with E-state index < -0.39 is 18.2 Å². The fraction of sp³-hybridized carbons (Fsp3) is 0.396. The van der Waals surface area contributed by atoms with Crippen LogP contribution in [0.25, 0.3) is 43.7 Å². The first-order chi connectivity index (χ1) is 32.1. The van der Waals surface area contributed by atoms with Crippen molar-refractivity contribution in [2.45, 2.75) is 83.0 Å². The fourth-order valence-electron chi connectivity index (χ4n) is 10.5. The fourth-order valence-corrected chi connectivity index (χ4v) is 10.5. The molecule has 13 heteroatoms. The number of rotatable bonds is 13. The predicted molar refractivity (Wildman–Crippen MR) is 255 cm³/mol. The number of imidazole rings is 1. The molecule has 0 bridgehead atoms. The number of hydrogen-bond acceptors (Lipinski definition) is 8. The highest BCUT2D eigenvalue weighted by Gasteiger charge is 2.44. The van der Waals surface area contributed by atoms with Gasteiger partial charge in [0.25, 0.3) is 0 Å². The largest absolute Gasteiger partial charge is 0.453 e. The van der Waals surface area contributed by atoms with E-state index in [1.165, 1.54) is 7.11 Å². The average molecular weight is 888 g/mol. The predicted octanol–water partition coefficient (Wildman–Crippen LogP) is 8.73. The van der Waals surface area contributed by atoms with Gasteiger partial charge >= 0.3 is 6.09 Å². The number of nitrogens with one attached hydrogen (secondary N) is 3. The maximum atomic E-state index is 14.6. The number of aromatic nitrogens is 2. The van der Waals surface area contributed by atoms with Gasteiger partial charge in [0.2, 0.25) is 17.7 Å². The number of likely N-dealkylation sites (tertiary alicyclic amines) is 2. The van der Waals surface area contributed by atoms with Gasteiger partial charge in [-0.2, -0.15) is 0 Å². The van der Waals surface area contributed by atoms with Crippen molar-refractivity contribution in [1.82, 2.24) is 30.4 Å². The number of ether oxygens (including phenoxy) is 2. The van der Waals surface area contributed by atoms with E-state index in [9.17, 15) is 19.2 Å². The lowest BCUT2D eigenvalue weighted by Gasteiger charge is -2.30. The number of hydrogen-bond donors (Lipinski definition) is 3. The summed E-state index contributed by atoms with van der Waals surface area (Å²) in [6.07, 6.45) is 4.85. The molecule has 5 aromatic carbocycles. The Bertz CT molecular complexity index is 2890. The molecule has 2 saturated heterocycles. The lowest BCUT2D eigenvalue weighted by Crippen LogP contribution is -2.51. The van der Waals surface area contributed by atoms with E-state index in [4.69, 9.17) is 19.5 Å². The summed E-state index contributed by atoms with van der Waals surface area (Å²) in [4.78, 5) is 71.5. The van der Waals surface area contributed by atoms with Gasteiger partial charge in [0.15, 0.2) is 0 Å². The van der Waals surface area contributed by atoms with Crippen molar-refractivity contribution in [3.63, 3.8) is 0 Å². The highest BCUT2D eigenvalue weighted by atomic mass is 16.5. The van der Waals surface area contributed by atoms with E-state index >= 15 is 0 Å². The number of nitrogens with zero attached hydrogens (tertiary/aromatic N) is 4. The van der Waals surface area contributed by atoms with Crippen molar-refractivity contribution >= 4 is 67.8 Å². The molecule has 1 aliphatic carbocycles. The Labute approximate surface area is 384 Å². The Morgan fingerprint density at radius 3 is 2.30 bits per heavy atom. The molecule has 3 aliphatic heterocycles. The van der Waals surface area contributed by atoms with Crippen LogP contribution < -0.4 is 10.6 Å². The molecule has 3 fully saturated rings. The Morgan fingerprint density at radius 2 is 1.58 bits per heavy atom. The highest BCUT2D eigenvalue weighted by Crippen LogP contribution is 2.41. The second-order valence-corrected chi connectivity index (χ2v) is 18.7. The van der Waals surface area contributed by atoms with Crippen molar-refractivity contribution in [2.75, 3.05) is 33.9 Å². The van der Waals surface area contributed by atoms with Gasteiger partial charge in [0, 0.05) is 49.6 Å². The quantitative estimate of drug-likeness (QED) is 0.105. The minimum atomic E-state index is -0.767. The minimum absolute atomic E-state index is 0.0202. The lowest BCUT2D eigenvalue weighted by molar-refractivity contribution is -0.137. The number of carbonyl (C=O) groups excluding carboxylic acids is 4. The zero-order valence-corrected chi connectivity index (χ0v) is 38.0. The molecular weight excluding hydrogens is 831 g/mol. The Kier molecular flexibility index (Phi) is 11.8. The number of methoxy groups -OCH3 is 2. The first-order valence-corrected chi connectivity index (χ1v) is 23.5. The topological polar surface area (TPSA) is 158 Å². The molecule has 4 heterocycles. The number of amides is 4. The maximum absolute atomic E-state index is 14.6. The van der Waals surface area contributed by atoms with E-state index in [2.05, 4.69) is 76.3 Å². The second-order valence-electron chi connectivity index (χ2n) is 18.7. The van der Waals surface area contributed by atoms with Gasteiger partial charge in [-0.3, -0.25) is 19.4 Å². The summed E-state index contributed by atoms with van der Waals surface area (Å²) in [7, 11) is 3.01. The van der Waals surface area contributed by atoms with Crippen LogP contribution in [0.15, 0.2) is 96.0 Å². The molecule has 1 saturated carbocycles. The third-order valence-corrected chi connectivity index (χ3v) is 14.4. The van der Waals surface area contributed by atoms with Crippen LogP contribution in [0.2, 0.25) is 0 Å². The Balaban J connectivity index is 0.887. The van der Waals surface area contributed by atoms with Crippen molar-refractivity contribution in [2.24, 2.45) is 22.7 Å². The molecule has 3 N–H and O–H groups in total. The zero-order valence-electron chi connectivity index (χ0n) is 38.0. The van der Waals surface area contributed by atoms with E-state index in [0.717, 1.165) is 111 Å². The number of aliphatic imine (C=N–C) groups is 1. The molecule has 13 nitrogen and oxygen atoms in total. The SMILES string of the molecule is CC[C@H](C)[C@H](NC(=O)OC)C(=O)N1CCC[C@H]1c1nc2c(ccc3cc(-c4ccc5c6c(ccc5c4)N=C([C@@H]4C[C@H](COC)CN4C(=O)[C@H](NC(=O)C4CC4)c4ccccc4)C6)ccc32)[nH]1. The molecule has 1 aromatic heterocycles. The lowest BCUT2D eigenvalue weighted by atomic mass is 9.94. The van der Waals surface area contributed by atoms with Crippen molar-refractivity contribution in [3.8, 4) is 11.1 Å². The van der Waals surface area contributed by atoms with E-state index in [0.29, 0.717) is 26.1 Å². The van der Waals surface area contributed by atoms with Gasteiger partial charge in [0.05, 0.1) is 42.5 Å². The van der Waals surface area contributed by atoms with Crippen LogP contribution in [0.5, 0.6) is 0 Å². The summed E-state index contributed by atoms with van der Waals surface area (Å²) in [5.74, 6) is 0.532. The van der Waals surface area contributed by atoms with Crippen LogP contribution in [-0.2, 0) is 30.3 Å². The molecule has 10 rings (SSSR count). The normalized spacial score (nSPS) is 20.6. The summed E-state index contributed by atoms with van der Waals surface area (Å²) < 4.78 is 10.5. The van der Waals surface area contributed by atoms with Crippen LogP contribution in [0.1, 0.15) is 81.4 Å². The van der Waals surface area contributed by atoms with Crippen LogP contribution >= 0.6 is 0 Å². The summed E-state index contributed by atoms with van der Waals surface area (Å²) in [5, 5.41) is 10.2. The first-order valence-electron chi connectivity index (χ1n) is 23.5. The third kappa shape index (κ3) is 8.18. The zero-order chi connectivity index (χ0) is 45.6. The number of fused-ring (bicyclic) bond motifs is 6. The standard InChI is InChI=1S/C53H57N7O6/c1-5-30(2)46(58-53(64)66-4)51(62)59-23-9-12-44(59)49-55-42-22-18-37-26-35(16-20-39(37)48(42)56-49)34-15-19-38-36(25-34)17-21-41-40(38)27-43(54-41)45-24-31(29-65-3)28-60(45)52(63)47(32-10-7-6-8-11-32)57-50(61)33-13-14-33/h6-8,10-11,15-22,25-26,30-31,33,44-47H,5,9,12-14,23-24,27-29H2,1-4H3,(H,55,56)(H,57,61)(H,58,64)/t30-,31-,44-,45-,46-,47+/m0/s1. The molecule has 4 aliphatic rings. The van der Waals surface area contributed by atoms with E-state index in [1.807, 2.05) is 54.0 Å². The van der Waals surface area contributed by atoms with Gasteiger partial charge in [-0.1, -0.05) is 87.0 Å². The number of carbonyl (C=O) groups is 4. The van der Waals surface area contributed by atoms with Gasteiger partial charge in [-0.25, -0.2) is 9.78 Å².